The van der Waals surface area contributed by atoms with Crippen LogP contribution in [-0.4, -0.2) is 36.1 Å². The first-order valence-electron chi connectivity index (χ1n) is 10.5. The summed E-state index contributed by atoms with van der Waals surface area (Å²) in [5.41, 5.74) is 1.03. The van der Waals surface area contributed by atoms with Crippen LogP contribution in [0.5, 0.6) is 0 Å². The lowest BCUT2D eigenvalue weighted by Gasteiger charge is -2.18. The van der Waals surface area contributed by atoms with E-state index >= 15 is 0 Å². The molecule has 1 saturated heterocycles. The minimum absolute atomic E-state index is 0.161. The number of halogens is 1. The normalized spacial score (nSPS) is 28.9. The van der Waals surface area contributed by atoms with Crippen molar-refractivity contribution in [3.63, 3.8) is 0 Å². The highest BCUT2D eigenvalue weighted by Crippen LogP contribution is 2.73. The molecule has 2 amide bonds. The predicted octanol–water partition coefficient (Wildman–Crippen LogP) is 3.92. The Morgan fingerprint density at radius 3 is 2.47 bits per heavy atom. The Bertz CT molecular complexity index is 1210. The van der Waals surface area contributed by atoms with E-state index in [1.807, 2.05) is 0 Å². The third kappa shape index (κ3) is 2.54. The number of nitrogens with zero attached hydrogens (tertiary/aromatic N) is 2. The summed E-state index contributed by atoms with van der Waals surface area (Å²) in [5.74, 6) is -0.340. The van der Waals surface area contributed by atoms with Crippen LogP contribution in [0.2, 0.25) is 5.02 Å². The lowest BCUT2D eigenvalue weighted by atomic mass is 9.85. The van der Waals surface area contributed by atoms with E-state index in [1.54, 1.807) is 30.3 Å². The molecule has 3 fully saturated rings. The zero-order valence-corrected chi connectivity index (χ0v) is 17.9. The number of benzene rings is 1. The summed E-state index contributed by atoms with van der Waals surface area (Å²) in [5, 5.41) is 5.47. The van der Waals surface area contributed by atoms with E-state index in [9.17, 15) is 14.4 Å². The molecule has 162 valence electrons. The van der Waals surface area contributed by atoms with Gasteiger partial charge in [-0.2, -0.15) is 10.1 Å². The average Bonchev–Trinajstić information content (AvgIpc) is 3.08. The van der Waals surface area contributed by atoms with Gasteiger partial charge >= 0.3 is 5.97 Å². The third-order valence-corrected chi connectivity index (χ3v) is 7.74. The molecule has 0 N–H and O–H groups in total. The zero-order valence-electron chi connectivity index (χ0n) is 17.2. The predicted molar refractivity (Wildman–Crippen MR) is 115 cm³/mol. The Balaban J connectivity index is 1.22. The number of methoxy groups -OCH3 is 1. The van der Waals surface area contributed by atoms with E-state index in [2.05, 4.69) is 17.3 Å². The number of furan rings is 1. The average molecular weight is 451 g/mol. The van der Waals surface area contributed by atoms with E-state index < -0.39 is 5.97 Å². The lowest BCUT2D eigenvalue weighted by molar-refractivity contribution is -0.141. The van der Waals surface area contributed by atoms with Crippen LogP contribution in [-0.2, 0) is 14.3 Å². The van der Waals surface area contributed by atoms with Gasteiger partial charge in [0.1, 0.15) is 11.5 Å². The quantitative estimate of drug-likeness (QED) is 0.305. The van der Waals surface area contributed by atoms with Crippen molar-refractivity contribution < 1.29 is 23.5 Å². The van der Waals surface area contributed by atoms with Crippen LogP contribution >= 0.6 is 11.6 Å². The van der Waals surface area contributed by atoms with Crippen molar-refractivity contribution in [3.05, 3.63) is 58.8 Å². The molecular weight excluding hydrogens is 432 g/mol. The Hall–Kier alpha value is -3.19. The zero-order chi connectivity index (χ0) is 22.2. The van der Waals surface area contributed by atoms with E-state index in [1.165, 1.54) is 13.3 Å². The van der Waals surface area contributed by atoms with Gasteiger partial charge in [-0.15, -0.1) is 0 Å². The van der Waals surface area contributed by atoms with Crippen LogP contribution in [0.15, 0.2) is 52.0 Å². The van der Waals surface area contributed by atoms with Gasteiger partial charge in [-0.25, -0.2) is 4.79 Å². The largest absolute Gasteiger partial charge is 0.465 e. The molecule has 6 rings (SSSR count). The maximum atomic E-state index is 13.0. The minimum Gasteiger partial charge on any atom is -0.465 e. The first kappa shape index (κ1) is 19.5. The summed E-state index contributed by atoms with van der Waals surface area (Å²) in [6.07, 6.45) is 7.84. The molecule has 1 spiro atoms. The van der Waals surface area contributed by atoms with E-state index in [0.29, 0.717) is 17.1 Å². The molecular formula is C24H19ClN2O5. The summed E-state index contributed by atoms with van der Waals surface area (Å²) in [4.78, 5) is 37.8. The highest BCUT2D eigenvalue weighted by Gasteiger charge is 2.73. The number of fused-ring (bicyclic) bond motifs is 3. The molecule has 7 nitrogen and oxygen atoms in total. The van der Waals surface area contributed by atoms with Gasteiger partial charge in [-0.3, -0.25) is 9.59 Å². The monoisotopic (exact) mass is 450 g/mol. The number of carbonyl (C=O) groups is 3. The molecule has 8 heteroatoms. The Morgan fingerprint density at radius 1 is 1.16 bits per heavy atom. The van der Waals surface area contributed by atoms with Crippen LogP contribution in [0, 0.1) is 29.1 Å². The fourth-order valence-corrected chi connectivity index (χ4v) is 6.01. The molecule has 32 heavy (non-hydrogen) atoms. The highest BCUT2D eigenvalue weighted by atomic mass is 35.5. The summed E-state index contributed by atoms with van der Waals surface area (Å²) in [6.45, 7) is 0. The second kappa shape index (κ2) is 6.65. The van der Waals surface area contributed by atoms with Crippen molar-refractivity contribution in [1.29, 1.82) is 0 Å². The number of hydrogen-bond donors (Lipinski definition) is 0. The first-order chi connectivity index (χ1) is 15.4. The molecule has 0 radical (unpaired) electrons. The van der Waals surface area contributed by atoms with Gasteiger partial charge in [0, 0.05) is 5.56 Å². The van der Waals surface area contributed by atoms with Gasteiger partial charge in [-0.1, -0.05) is 23.8 Å². The molecule has 1 aliphatic heterocycles. The van der Waals surface area contributed by atoms with Gasteiger partial charge in [0.15, 0.2) is 0 Å². The van der Waals surface area contributed by atoms with Crippen LogP contribution in [0.3, 0.4) is 0 Å². The third-order valence-electron chi connectivity index (χ3n) is 7.41. The van der Waals surface area contributed by atoms with E-state index in [-0.39, 0.29) is 51.5 Å². The van der Waals surface area contributed by atoms with Gasteiger partial charge in [-0.05, 0) is 60.4 Å². The number of rotatable bonds is 4. The standard InChI is InChI=1S/C24H19ClN2O5/c1-31-23(30)14-10-12(2-6-17(14)25)18-7-3-13(32-18)11-26-27-21(28)19-15-4-5-16(20(19)22(27)29)24(15)8-9-24/h2-7,10-11,15-16,19-20H,8-9H2,1H3/b26-11-/t15-,16-,19+,20+/m1/s1. The SMILES string of the molecule is COC(=O)c1cc(-c2ccc(/C=N\N3C(=O)[C@@H]4[C@@H](C3=O)[C@H]3C=C[C@H]4C34CC4)o2)ccc1Cl. The molecule has 2 heterocycles. The van der Waals surface area contributed by atoms with Crippen LogP contribution < -0.4 is 0 Å². The van der Waals surface area contributed by atoms with E-state index in [4.69, 9.17) is 20.8 Å². The number of carbonyl (C=O) groups excluding carboxylic acids is 3. The Kier molecular flexibility index (Phi) is 4.05. The van der Waals surface area contributed by atoms with Crippen LogP contribution in [0.4, 0.5) is 0 Å². The van der Waals surface area contributed by atoms with Crippen molar-refractivity contribution in [2.45, 2.75) is 12.8 Å². The van der Waals surface area contributed by atoms with Crippen molar-refractivity contribution in [3.8, 4) is 11.3 Å². The summed E-state index contributed by atoms with van der Waals surface area (Å²) >= 11 is 6.07. The molecule has 3 aliphatic carbocycles. The lowest BCUT2D eigenvalue weighted by Crippen LogP contribution is -2.30. The Morgan fingerprint density at radius 2 is 1.84 bits per heavy atom. The van der Waals surface area contributed by atoms with Crippen LogP contribution in [0.25, 0.3) is 11.3 Å². The highest BCUT2D eigenvalue weighted by molar-refractivity contribution is 6.33. The number of hydrogen-bond acceptors (Lipinski definition) is 6. The maximum Gasteiger partial charge on any atom is 0.339 e. The second-order valence-electron chi connectivity index (χ2n) is 8.84. The number of imide groups is 1. The minimum atomic E-state index is -0.543. The smallest absolute Gasteiger partial charge is 0.339 e. The fourth-order valence-electron chi connectivity index (χ4n) is 5.81. The number of esters is 1. The molecule has 0 unspecified atom stereocenters. The molecule has 4 aliphatic rings. The summed E-state index contributed by atoms with van der Waals surface area (Å²) in [6, 6.07) is 8.30. The summed E-state index contributed by atoms with van der Waals surface area (Å²) < 4.78 is 10.5. The molecule has 2 aromatic rings. The second-order valence-corrected chi connectivity index (χ2v) is 9.25. The van der Waals surface area contributed by atoms with Crippen molar-refractivity contribution in [2.24, 2.45) is 34.2 Å². The molecule has 2 bridgehead atoms. The molecule has 2 saturated carbocycles. The molecule has 4 atom stereocenters. The number of amides is 2. The first-order valence-corrected chi connectivity index (χ1v) is 10.9. The number of hydrazone groups is 1. The van der Waals surface area contributed by atoms with Crippen LogP contribution in [0.1, 0.15) is 29.0 Å². The van der Waals surface area contributed by atoms with Gasteiger partial charge in [0.2, 0.25) is 0 Å². The molecule has 1 aromatic carbocycles. The Labute approximate surface area is 188 Å². The van der Waals surface area contributed by atoms with Crippen molar-refractivity contribution >= 4 is 35.6 Å². The van der Waals surface area contributed by atoms with Crippen molar-refractivity contribution in [1.82, 2.24) is 5.01 Å². The number of allylic oxidation sites excluding steroid dienone is 2. The fraction of sp³-hybridized carbons (Fsp3) is 0.333. The van der Waals surface area contributed by atoms with Crippen molar-refractivity contribution in [2.75, 3.05) is 7.11 Å². The van der Waals surface area contributed by atoms with Gasteiger partial charge < -0.3 is 9.15 Å². The van der Waals surface area contributed by atoms with E-state index in [0.717, 1.165) is 17.9 Å². The van der Waals surface area contributed by atoms with Gasteiger partial charge in [0.05, 0.1) is 35.7 Å². The topological polar surface area (TPSA) is 89.2 Å². The summed E-state index contributed by atoms with van der Waals surface area (Å²) in [7, 11) is 1.29. The molecule has 1 aromatic heterocycles. The van der Waals surface area contributed by atoms with Gasteiger partial charge in [0.25, 0.3) is 11.8 Å². The number of ether oxygens (including phenoxy) is 1. The maximum absolute atomic E-state index is 13.0.